The molecule has 2 aromatic heterocycles. The molecule has 0 aromatic carbocycles. The second kappa shape index (κ2) is 3.93. The lowest BCUT2D eigenvalue weighted by Gasteiger charge is -2.04. The van der Waals surface area contributed by atoms with Crippen molar-refractivity contribution >= 4 is 5.69 Å². The lowest BCUT2D eigenvalue weighted by atomic mass is 10.4. The molecular formula is C8H7N5O3. The second-order valence-electron chi connectivity index (χ2n) is 2.78. The van der Waals surface area contributed by atoms with Crippen molar-refractivity contribution in [2.45, 2.75) is 0 Å². The third kappa shape index (κ3) is 1.56. The lowest BCUT2D eigenvalue weighted by Crippen LogP contribution is -2.04. The Labute approximate surface area is 89.7 Å². The van der Waals surface area contributed by atoms with Gasteiger partial charge in [0.2, 0.25) is 5.82 Å². The van der Waals surface area contributed by atoms with E-state index in [-0.39, 0.29) is 17.4 Å². The predicted octanol–water partition coefficient (Wildman–Crippen LogP) is 0.579. The van der Waals surface area contributed by atoms with Gasteiger partial charge in [-0.1, -0.05) is 0 Å². The summed E-state index contributed by atoms with van der Waals surface area (Å²) in [4.78, 5) is 21.6. The maximum atomic E-state index is 10.9. The number of ether oxygens (including phenoxy) is 1. The molecule has 8 heteroatoms. The van der Waals surface area contributed by atoms with Crippen molar-refractivity contribution in [3.8, 4) is 11.7 Å². The van der Waals surface area contributed by atoms with Crippen LogP contribution in [0.1, 0.15) is 0 Å². The molecule has 16 heavy (non-hydrogen) atoms. The van der Waals surface area contributed by atoms with Crippen LogP contribution in [0.25, 0.3) is 5.82 Å². The molecule has 8 nitrogen and oxygen atoms in total. The quantitative estimate of drug-likeness (QED) is 0.555. The van der Waals surface area contributed by atoms with Gasteiger partial charge in [-0.2, -0.15) is 4.98 Å². The summed E-state index contributed by atoms with van der Waals surface area (Å²) in [6.45, 7) is 0. The molecule has 2 aromatic rings. The average molecular weight is 221 g/mol. The van der Waals surface area contributed by atoms with Crippen LogP contribution in [0.4, 0.5) is 5.69 Å². The summed E-state index contributed by atoms with van der Waals surface area (Å²) in [6, 6.07) is 0. The summed E-state index contributed by atoms with van der Waals surface area (Å²) >= 11 is 0. The van der Waals surface area contributed by atoms with Crippen LogP contribution in [0, 0.1) is 10.1 Å². The van der Waals surface area contributed by atoms with Crippen LogP contribution in [0.3, 0.4) is 0 Å². The Morgan fingerprint density at radius 2 is 2.31 bits per heavy atom. The number of imidazole rings is 1. The highest BCUT2D eigenvalue weighted by molar-refractivity contribution is 5.53. The Hall–Kier alpha value is -2.51. The normalized spacial score (nSPS) is 10.1. The van der Waals surface area contributed by atoms with Gasteiger partial charge in [0, 0.05) is 12.4 Å². The minimum Gasteiger partial charge on any atom is -0.476 e. The third-order valence-electron chi connectivity index (χ3n) is 1.89. The van der Waals surface area contributed by atoms with Gasteiger partial charge < -0.3 is 4.74 Å². The lowest BCUT2D eigenvalue weighted by molar-refractivity contribution is -0.386. The number of nitrogens with zero attached hydrogens (tertiary/aromatic N) is 5. The van der Waals surface area contributed by atoms with Gasteiger partial charge in [-0.3, -0.25) is 14.7 Å². The molecule has 0 N–H and O–H groups in total. The number of hydrogen-bond donors (Lipinski definition) is 0. The van der Waals surface area contributed by atoms with Crippen LogP contribution in [0.2, 0.25) is 0 Å². The van der Waals surface area contributed by atoms with Crippen LogP contribution < -0.4 is 4.74 Å². The Bertz CT molecular complexity index is 510. The summed E-state index contributed by atoms with van der Waals surface area (Å²) in [6.07, 6.45) is 5.66. The molecule has 0 atom stereocenters. The largest absolute Gasteiger partial charge is 0.476 e. The molecule has 0 unspecified atom stereocenters. The van der Waals surface area contributed by atoms with Crippen molar-refractivity contribution in [1.29, 1.82) is 0 Å². The van der Waals surface area contributed by atoms with Crippen LogP contribution in [-0.4, -0.2) is 31.6 Å². The van der Waals surface area contributed by atoms with Gasteiger partial charge in [-0.05, 0) is 0 Å². The summed E-state index contributed by atoms with van der Waals surface area (Å²) in [5, 5.41) is 10.9. The molecule has 0 aliphatic carbocycles. The first-order chi connectivity index (χ1) is 7.74. The van der Waals surface area contributed by atoms with Gasteiger partial charge in [0.05, 0.1) is 12.0 Å². The van der Waals surface area contributed by atoms with Gasteiger partial charge in [-0.25, -0.2) is 9.97 Å². The SMILES string of the molecule is COc1ncnc(-n2ccnc2)c1[N+](=O)[O-]. The Balaban J connectivity index is 2.65. The zero-order valence-corrected chi connectivity index (χ0v) is 8.27. The molecule has 0 bridgehead atoms. The third-order valence-corrected chi connectivity index (χ3v) is 1.89. The van der Waals surface area contributed by atoms with Crippen molar-refractivity contribution in [3.05, 3.63) is 35.2 Å². The second-order valence-corrected chi connectivity index (χ2v) is 2.78. The van der Waals surface area contributed by atoms with E-state index in [0.29, 0.717) is 0 Å². The van der Waals surface area contributed by atoms with E-state index in [4.69, 9.17) is 4.74 Å². The number of rotatable bonds is 3. The minimum absolute atomic E-state index is 0.0799. The maximum absolute atomic E-state index is 10.9. The van der Waals surface area contributed by atoms with Crippen LogP contribution in [-0.2, 0) is 0 Å². The summed E-state index contributed by atoms with van der Waals surface area (Å²) < 4.78 is 6.24. The van der Waals surface area contributed by atoms with E-state index in [0.717, 1.165) is 0 Å². The highest BCUT2D eigenvalue weighted by Gasteiger charge is 2.24. The highest BCUT2D eigenvalue weighted by Crippen LogP contribution is 2.28. The van der Waals surface area contributed by atoms with Gasteiger partial charge >= 0.3 is 5.69 Å². The van der Waals surface area contributed by atoms with E-state index in [1.807, 2.05) is 0 Å². The molecule has 0 amide bonds. The number of nitro groups is 1. The molecule has 0 fully saturated rings. The van der Waals surface area contributed by atoms with Gasteiger partial charge in [0.25, 0.3) is 5.88 Å². The Morgan fingerprint density at radius 3 is 2.88 bits per heavy atom. The van der Waals surface area contributed by atoms with E-state index >= 15 is 0 Å². The van der Waals surface area contributed by atoms with Gasteiger partial charge in [0.1, 0.15) is 12.7 Å². The van der Waals surface area contributed by atoms with Crippen LogP contribution in [0.15, 0.2) is 25.0 Å². The highest BCUT2D eigenvalue weighted by atomic mass is 16.6. The van der Waals surface area contributed by atoms with Crippen molar-refractivity contribution < 1.29 is 9.66 Å². The first-order valence-corrected chi connectivity index (χ1v) is 4.25. The summed E-state index contributed by atoms with van der Waals surface area (Å²) in [7, 11) is 1.31. The van der Waals surface area contributed by atoms with E-state index in [1.165, 1.54) is 30.5 Å². The fourth-order valence-corrected chi connectivity index (χ4v) is 1.24. The molecular weight excluding hydrogens is 214 g/mol. The fourth-order valence-electron chi connectivity index (χ4n) is 1.24. The number of methoxy groups -OCH3 is 1. The van der Waals surface area contributed by atoms with Crippen molar-refractivity contribution in [3.63, 3.8) is 0 Å². The first kappa shape index (κ1) is 10.0. The number of aromatic nitrogens is 4. The molecule has 0 saturated carbocycles. The monoisotopic (exact) mass is 221 g/mol. The van der Waals surface area contributed by atoms with Gasteiger partial charge in [0.15, 0.2) is 0 Å². The predicted molar refractivity (Wildman–Crippen MR) is 52.4 cm³/mol. The van der Waals surface area contributed by atoms with Crippen molar-refractivity contribution in [1.82, 2.24) is 19.5 Å². The average Bonchev–Trinajstić information content (AvgIpc) is 2.81. The standard InChI is InChI=1S/C8H7N5O3/c1-16-8-6(13(14)15)7(10-4-11-8)12-3-2-9-5-12/h2-5H,1H3. The van der Waals surface area contributed by atoms with E-state index in [2.05, 4.69) is 15.0 Å². The van der Waals surface area contributed by atoms with Crippen LogP contribution >= 0.6 is 0 Å². The van der Waals surface area contributed by atoms with Crippen LogP contribution in [0.5, 0.6) is 5.88 Å². The smallest absolute Gasteiger partial charge is 0.373 e. The molecule has 0 saturated heterocycles. The zero-order valence-electron chi connectivity index (χ0n) is 8.27. The van der Waals surface area contributed by atoms with Gasteiger partial charge in [-0.15, -0.1) is 0 Å². The molecule has 82 valence electrons. The molecule has 2 rings (SSSR count). The van der Waals surface area contributed by atoms with Crippen molar-refractivity contribution in [2.24, 2.45) is 0 Å². The van der Waals surface area contributed by atoms with E-state index < -0.39 is 4.92 Å². The number of hydrogen-bond acceptors (Lipinski definition) is 6. The molecule has 0 aliphatic rings. The van der Waals surface area contributed by atoms with E-state index in [1.54, 1.807) is 6.20 Å². The van der Waals surface area contributed by atoms with E-state index in [9.17, 15) is 10.1 Å². The summed E-state index contributed by atoms with van der Waals surface area (Å²) in [5.41, 5.74) is -0.289. The zero-order chi connectivity index (χ0) is 11.5. The minimum atomic E-state index is -0.589. The summed E-state index contributed by atoms with van der Waals surface area (Å²) in [5.74, 6) is 0.0399. The topological polar surface area (TPSA) is 96.0 Å². The molecule has 0 aliphatic heterocycles. The molecule has 0 radical (unpaired) electrons. The van der Waals surface area contributed by atoms with Crippen molar-refractivity contribution in [2.75, 3.05) is 7.11 Å². The maximum Gasteiger partial charge on any atom is 0.373 e. The Kier molecular flexibility index (Phi) is 2.46. The Morgan fingerprint density at radius 1 is 1.50 bits per heavy atom. The molecule has 0 spiro atoms. The fraction of sp³-hybridized carbons (Fsp3) is 0.125. The first-order valence-electron chi connectivity index (χ1n) is 4.25. The molecule has 2 heterocycles.